The molecule has 0 radical (unpaired) electrons. The summed E-state index contributed by atoms with van der Waals surface area (Å²) < 4.78 is 0. The molecule has 2 aromatic carbocycles. The molecule has 5 rings (SSSR count). The minimum atomic E-state index is -0.859. The molecule has 3 aromatic rings. The highest BCUT2D eigenvalue weighted by Crippen LogP contribution is 2.70. The van der Waals surface area contributed by atoms with Gasteiger partial charge in [-0.2, -0.15) is 0 Å². The minimum Gasteiger partial charge on any atom is -0.325 e. The summed E-state index contributed by atoms with van der Waals surface area (Å²) >= 11 is 0. The highest BCUT2D eigenvalue weighted by atomic mass is 16.6. The summed E-state index contributed by atoms with van der Waals surface area (Å²) in [6.07, 6.45) is 1.50. The lowest BCUT2D eigenvalue weighted by molar-refractivity contribution is -0.384. The Balaban J connectivity index is 1.68. The monoisotopic (exact) mass is 430 g/mol. The minimum absolute atomic E-state index is 0.0562. The summed E-state index contributed by atoms with van der Waals surface area (Å²) in [4.78, 5) is 34.7. The van der Waals surface area contributed by atoms with Crippen LogP contribution in [0.3, 0.4) is 0 Å². The van der Waals surface area contributed by atoms with Crippen LogP contribution in [0.15, 0.2) is 36.4 Å². The van der Waals surface area contributed by atoms with Gasteiger partial charge in [-0.1, -0.05) is 26.8 Å². The lowest BCUT2D eigenvalue weighted by Crippen LogP contribution is -2.48. The molecular weight excluding hydrogens is 404 g/mol. The van der Waals surface area contributed by atoms with Crippen LogP contribution in [-0.2, 0) is 15.6 Å². The van der Waals surface area contributed by atoms with Crippen molar-refractivity contribution in [1.29, 1.82) is 0 Å². The van der Waals surface area contributed by atoms with Gasteiger partial charge in [0.1, 0.15) is 0 Å². The first-order valence-corrected chi connectivity index (χ1v) is 10.9. The van der Waals surface area contributed by atoms with Crippen LogP contribution in [-0.4, -0.2) is 20.8 Å². The number of carbonyl (C=O) groups excluding carboxylic acids is 1. The third-order valence-corrected chi connectivity index (χ3v) is 8.36. The van der Waals surface area contributed by atoms with E-state index in [1.54, 1.807) is 12.1 Å². The van der Waals surface area contributed by atoms with Crippen molar-refractivity contribution in [2.75, 3.05) is 5.32 Å². The molecule has 0 spiro atoms. The van der Waals surface area contributed by atoms with E-state index in [2.05, 4.69) is 39.1 Å². The van der Waals surface area contributed by atoms with Gasteiger partial charge in [0.2, 0.25) is 5.91 Å². The summed E-state index contributed by atoms with van der Waals surface area (Å²) in [5, 5.41) is 14.1. The van der Waals surface area contributed by atoms with Crippen LogP contribution in [0.5, 0.6) is 0 Å². The highest BCUT2D eigenvalue weighted by Gasteiger charge is 2.73. The zero-order valence-corrected chi connectivity index (χ0v) is 18.9. The second-order valence-electron chi connectivity index (χ2n) is 9.97. The van der Waals surface area contributed by atoms with Crippen molar-refractivity contribution < 1.29 is 9.72 Å². The lowest BCUT2D eigenvalue weighted by atomic mass is 9.63. The number of nitrogens with zero attached hydrogens (tertiary/aromatic N) is 3. The predicted molar refractivity (Wildman–Crippen MR) is 123 cm³/mol. The van der Waals surface area contributed by atoms with Crippen molar-refractivity contribution >= 4 is 28.3 Å². The van der Waals surface area contributed by atoms with Crippen LogP contribution in [0.2, 0.25) is 0 Å². The van der Waals surface area contributed by atoms with Crippen molar-refractivity contribution in [1.82, 2.24) is 9.97 Å². The largest absolute Gasteiger partial charge is 0.325 e. The summed E-state index contributed by atoms with van der Waals surface area (Å²) in [5.41, 5.74) is 4.38. The molecule has 1 fully saturated rings. The van der Waals surface area contributed by atoms with Gasteiger partial charge < -0.3 is 5.32 Å². The maximum Gasteiger partial charge on any atom is 0.271 e. The number of hydrogen-bond acceptors (Lipinski definition) is 5. The van der Waals surface area contributed by atoms with E-state index >= 15 is 0 Å². The van der Waals surface area contributed by atoms with E-state index in [9.17, 15) is 14.9 Å². The number of carbonyl (C=O) groups is 1. The molecule has 1 aromatic heterocycles. The van der Waals surface area contributed by atoms with Crippen LogP contribution in [0.1, 0.15) is 56.1 Å². The van der Waals surface area contributed by atoms with Gasteiger partial charge in [0.05, 0.1) is 32.8 Å². The summed E-state index contributed by atoms with van der Waals surface area (Å²) in [6, 6.07) is 10.2. The number of anilines is 1. The zero-order valence-electron chi connectivity index (χ0n) is 18.9. The van der Waals surface area contributed by atoms with E-state index < -0.39 is 15.8 Å². The van der Waals surface area contributed by atoms with E-state index in [1.165, 1.54) is 12.1 Å². The van der Waals surface area contributed by atoms with Crippen LogP contribution < -0.4 is 5.32 Å². The van der Waals surface area contributed by atoms with Crippen LogP contribution in [0.25, 0.3) is 11.0 Å². The number of nitro groups is 1. The van der Waals surface area contributed by atoms with Crippen molar-refractivity contribution in [2.45, 2.75) is 58.3 Å². The Morgan fingerprint density at radius 1 is 1.00 bits per heavy atom. The molecule has 2 unspecified atom stereocenters. The van der Waals surface area contributed by atoms with Crippen molar-refractivity contribution in [3.05, 3.63) is 69.0 Å². The molecule has 2 atom stereocenters. The summed E-state index contributed by atoms with van der Waals surface area (Å²) in [7, 11) is 0. The molecule has 7 nitrogen and oxygen atoms in total. The number of fused-ring (bicyclic) bond motifs is 6. The number of aromatic nitrogens is 2. The number of rotatable bonds is 3. The molecule has 1 heterocycles. The van der Waals surface area contributed by atoms with Gasteiger partial charge in [0.15, 0.2) is 0 Å². The second kappa shape index (κ2) is 6.34. The Morgan fingerprint density at radius 3 is 2.25 bits per heavy atom. The van der Waals surface area contributed by atoms with Crippen molar-refractivity contribution in [3.63, 3.8) is 0 Å². The Morgan fingerprint density at radius 2 is 1.62 bits per heavy atom. The van der Waals surface area contributed by atoms with Crippen LogP contribution >= 0.6 is 0 Å². The van der Waals surface area contributed by atoms with Gasteiger partial charge in [-0.15, -0.1) is 0 Å². The lowest BCUT2D eigenvalue weighted by Gasteiger charge is -2.39. The van der Waals surface area contributed by atoms with E-state index in [-0.39, 0.29) is 17.0 Å². The van der Waals surface area contributed by atoms with E-state index in [4.69, 9.17) is 9.97 Å². The Bertz CT molecular complexity index is 1330. The fraction of sp³-hybridized carbons (Fsp3) is 0.400. The molecule has 1 amide bonds. The SMILES string of the molecule is Cc1cc2nc3c(nc2cc1C)C1(C(=O)Nc2cccc([N+](=O)[O-])c2)CCC3(C)C1(C)C. The number of benzene rings is 2. The zero-order chi connectivity index (χ0) is 23.1. The molecule has 7 heteroatoms. The summed E-state index contributed by atoms with van der Waals surface area (Å²) in [6.45, 7) is 10.5. The van der Waals surface area contributed by atoms with Gasteiger partial charge in [0, 0.05) is 23.2 Å². The molecule has 164 valence electrons. The fourth-order valence-corrected chi connectivity index (χ4v) is 5.80. The van der Waals surface area contributed by atoms with Gasteiger partial charge in [-0.05, 0) is 61.4 Å². The molecule has 2 aliphatic carbocycles. The topological polar surface area (TPSA) is 98.0 Å². The molecule has 1 saturated carbocycles. The average molecular weight is 431 g/mol. The van der Waals surface area contributed by atoms with Gasteiger partial charge in [0.25, 0.3) is 5.69 Å². The molecule has 0 aliphatic heterocycles. The number of non-ortho nitro benzene ring substituents is 1. The first kappa shape index (κ1) is 20.5. The predicted octanol–water partition coefficient (Wildman–Crippen LogP) is 5.12. The van der Waals surface area contributed by atoms with E-state index in [1.807, 2.05) is 13.0 Å². The Kier molecular flexibility index (Phi) is 4.07. The summed E-state index contributed by atoms with van der Waals surface area (Å²) in [5.74, 6) is -0.178. The first-order valence-electron chi connectivity index (χ1n) is 10.9. The van der Waals surface area contributed by atoms with Gasteiger partial charge >= 0.3 is 0 Å². The third kappa shape index (κ3) is 2.39. The van der Waals surface area contributed by atoms with E-state index in [0.717, 1.165) is 40.0 Å². The van der Waals surface area contributed by atoms with Crippen LogP contribution in [0.4, 0.5) is 11.4 Å². The number of aryl methyl sites for hydroxylation is 2. The van der Waals surface area contributed by atoms with Crippen molar-refractivity contribution in [2.24, 2.45) is 5.41 Å². The van der Waals surface area contributed by atoms with Crippen molar-refractivity contribution in [3.8, 4) is 0 Å². The molecule has 32 heavy (non-hydrogen) atoms. The highest BCUT2D eigenvalue weighted by molar-refractivity contribution is 6.02. The third-order valence-electron chi connectivity index (χ3n) is 8.36. The Hall–Kier alpha value is -3.35. The number of hydrogen-bond donors (Lipinski definition) is 1. The van der Waals surface area contributed by atoms with Crippen LogP contribution in [0, 0.1) is 29.4 Å². The maximum absolute atomic E-state index is 13.9. The molecule has 2 bridgehead atoms. The van der Waals surface area contributed by atoms with E-state index in [0.29, 0.717) is 12.1 Å². The molecule has 0 saturated heterocycles. The normalized spacial score (nSPS) is 25.0. The number of amides is 1. The number of nitro benzene ring substituents is 1. The molecular formula is C25H26N4O3. The fourth-order valence-electron chi connectivity index (χ4n) is 5.80. The smallest absolute Gasteiger partial charge is 0.271 e. The standard InChI is InChI=1S/C25H26N4O3/c1-14-11-18-19(12-15(14)2)28-21-20(27-18)24(5)9-10-25(21,23(24,3)4)22(30)26-16-7-6-8-17(13-16)29(31)32/h6-8,11-13H,9-10H2,1-5H3,(H,26,30). The van der Waals surface area contributed by atoms with Gasteiger partial charge in [-0.3, -0.25) is 14.9 Å². The second-order valence-corrected chi connectivity index (χ2v) is 9.97. The number of nitrogens with one attached hydrogen (secondary N) is 1. The first-order chi connectivity index (χ1) is 15.0. The Labute approximate surface area is 186 Å². The van der Waals surface area contributed by atoms with Gasteiger partial charge in [-0.25, -0.2) is 9.97 Å². The average Bonchev–Trinajstić information content (AvgIpc) is 3.03. The quantitative estimate of drug-likeness (QED) is 0.459. The maximum atomic E-state index is 13.9. The molecule has 1 N–H and O–H groups in total. The molecule has 2 aliphatic rings.